The molecular formula is C12H24N2O2. The standard InChI is InChI=1S/C12H24N2O2/c1-3-13-11-8-16-7-10(11)6-14-12(2)4-5-15-9-12/h10-11,13-14H,3-9H2,1-2H3. The highest BCUT2D eigenvalue weighted by Gasteiger charge is 2.33. The molecule has 2 heterocycles. The summed E-state index contributed by atoms with van der Waals surface area (Å²) in [5.74, 6) is 0.595. The molecule has 2 fully saturated rings. The molecule has 2 saturated heterocycles. The van der Waals surface area contributed by atoms with Crippen LogP contribution in [0.3, 0.4) is 0 Å². The van der Waals surface area contributed by atoms with E-state index in [9.17, 15) is 0 Å². The van der Waals surface area contributed by atoms with Crippen molar-refractivity contribution in [2.24, 2.45) is 5.92 Å². The summed E-state index contributed by atoms with van der Waals surface area (Å²) in [7, 11) is 0. The predicted octanol–water partition coefficient (Wildman–Crippen LogP) is 0.380. The molecule has 0 aromatic rings. The minimum atomic E-state index is 0.180. The van der Waals surface area contributed by atoms with Crippen LogP contribution in [0.2, 0.25) is 0 Å². The van der Waals surface area contributed by atoms with Gasteiger partial charge in [0.15, 0.2) is 0 Å². The molecule has 2 N–H and O–H groups in total. The zero-order valence-corrected chi connectivity index (χ0v) is 10.4. The van der Waals surface area contributed by atoms with Crippen molar-refractivity contribution in [1.82, 2.24) is 10.6 Å². The van der Waals surface area contributed by atoms with E-state index in [0.29, 0.717) is 12.0 Å². The quantitative estimate of drug-likeness (QED) is 0.714. The van der Waals surface area contributed by atoms with Crippen LogP contribution < -0.4 is 10.6 Å². The van der Waals surface area contributed by atoms with Crippen LogP contribution in [0.4, 0.5) is 0 Å². The fourth-order valence-corrected chi connectivity index (χ4v) is 2.47. The molecule has 0 amide bonds. The van der Waals surface area contributed by atoms with E-state index in [-0.39, 0.29) is 5.54 Å². The van der Waals surface area contributed by atoms with E-state index in [1.807, 2.05) is 0 Å². The number of likely N-dealkylation sites (N-methyl/N-ethyl adjacent to an activating group) is 1. The molecule has 4 nitrogen and oxygen atoms in total. The molecule has 0 aromatic carbocycles. The maximum Gasteiger partial charge on any atom is 0.0646 e. The molecule has 0 aliphatic carbocycles. The van der Waals surface area contributed by atoms with Crippen molar-refractivity contribution < 1.29 is 9.47 Å². The van der Waals surface area contributed by atoms with Crippen molar-refractivity contribution in [1.29, 1.82) is 0 Å². The molecule has 0 spiro atoms. The van der Waals surface area contributed by atoms with Gasteiger partial charge in [-0.1, -0.05) is 6.92 Å². The van der Waals surface area contributed by atoms with E-state index < -0.39 is 0 Å². The van der Waals surface area contributed by atoms with Gasteiger partial charge in [-0.05, 0) is 19.9 Å². The summed E-state index contributed by atoms with van der Waals surface area (Å²) in [6.45, 7) is 9.90. The smallest absolute Gasteiger partial charge is 0.0646 e. The van der Waals surface area contributed by atoms with Gasteiger partial charge in [0.1, 0.15) is 0 Å². The molecule has 3 unspecified atom stereocenters. The lowest BCUT2D eigenvalue weighted by atomic mass is 9.98. The van der Waals surface area contributed by atoms with Crippen LogP contribution in [0.15, 0.2) is 0 Å². The van der Waals surface area contributed by atoms with Crippen molar-refractivity contribution in [2.45, 2.75) is 31.8 Å². The molecule has 0 bridgehead atoms. The Kier molecular flexibility index (Phi) is 4.19. The van der Waals surface area contributed by atoms with E-state index in [4.69, 9.17) is 9.47 Å². The molecule has 3 atom stereocenters. The average Bonchev–Trinajstić information content (AvgIpc) is 2.86. The highest BCUT2D eigenvalue weighted by atomic mass is 16.5. The summed E-state index contributed by atoms with van der Waals surface area (Å²) in [5, 5.41) is 7.13. The first-order chi connectivity index (χ1) is 7.73. The lowest BCUT2D eigenvalue weighted by Gasteiger charge is -2.27. The van der Waals surface area contributed by atoms with Crippen LogP contribution >= 0.6 is 0 Å². The Morgan fingerprint density at radius 1 is 1.31 bits per heavy atom. The first-order valence-corrected chi connectivity index (χ1v) is 6.37. The van der Waals surface area contributed by atoms with E-state index in [0.717, 1.165) is 45.9 Å². The number of rotatable bonds is 5. The van der Waals surface area contributed by atoms with Gasteiger partial charge in [0.05, 0.1) is 19.8 Å². The van der Waals surface area contributed by atoms with E-state index >= 15 is 0 Å². The van der Waals surface area contributed by atoms with Crippen LogP contribution in [-0.4, -0.2) is 51.1 Å². The fourth-order valence-electron chi connectivity index (χ4n) is 2.47. The van der Waals surface area contributed by atoms with Gasteiger partial charge in [0.25, 0.3) is 0 Å². The van der Waals surface area contributed by atoms with Gasteiger partial charge in [0, 0.05) is 30.7 Å². The molecule has 0 aromatic heterocycles. The Morgan fingerprint density at radius 3 is 2.88 bits per heavy atom. The summed E-state index contributed by atoms with van der Waals surface area (Å²) >= 11 is 0. The minimum absolute atomic E-state index is 0.180. The second-order valence-corrected chi connectivity index (χ2v) is 5.21. The van der Waals surface area contributed by atoms with Crippen LogP contribution in [0.25, 0.3) is 0 Å². The summed E-state index contributed by atoms with van der Waals surface area (Å²) in [4.78, 5) is 0. The first-order valence-electron chi connectivity index (χ1n) is 6.37. The number of ether oxygens (including phenoxy) is 2. The second kappa shape index (κ2) is 5.45. The maximum absolute atomic E-state index is 5.54. The van der Waals surface area contributed by atoms with Gasteiger partial charge < -0.3 is 20.1 Å². The fraction of sp³-hybridized carbons (Fsp3) is 1.00. The lowest BCUT2D eigenvalue weighted by Crippen LogP contribution is -2.48. The summed E-state index contributed by atoms with van der Waals surface area (Å²) in [5.41, 5.74) is 0.180. The maximum atomic E-state index is 5.54. The third-order valence-electron chi connectivity index (χ3n) is 3.67. The van der Waals surface area contributed by atoms with Gasteiger partial charge >= 0.3 is 0 Å². The van der Waals surface area contributed by atoms with Gasteiger partial charge in [-0.2, -0.15) is 0 Å². The summed E-state index contributed by atoms with van der Waals surface area (Å²) in [6.07, 6.45) is 1.12. The number of hydrogen-bond acceptors (Lipinski definition) is 4. The summed E-state index contributed by atoms with van der Waals surface area (Å²) in [6, 6.07) is 0.517. The highest BCUT2D eigenvalue weighted by molar-refractivity contribution is 4.90. The van der Waals surface area contributed by atoms with Gasteiger partial charge in [0.2, 0.25) is 0 Å². The van der Waals surface area contributed by atoms with E-state index in [1.54, 1.807) is 0 Å². The second-order valence-electron chi connectivity index (χ2n) is 5.21. The molecule has 2 rings (SSSR count). The minimum Gasteiger partial charge on any atom is -0.379 e. The van der Waals surface area contributed by atoms with Gasteiger partial charge in [-0.25, -0.2) is 0 Å². The first kappa shape index (κ1) is 12.3. The Labute approximate surface area is 98.1 Å². The van der Waals surface area contributed by atoms with Gasteiger partial charge in [-0.15, -0.1) is 0 Å². The molecule has 0 saturated carbocycles. The molecule has 2 aliphatic rings. The Hall–Kier alpha value is -0.160. The Balaban J connectivity index is 1.76. The summed E-state index contributed by atoms with van der Waals surface area (Å²) < 4.78 is 11.0. The Bertz CT molecular complexity index is 217. The third kappa shape index (κ3) is 2.94. The van der Waals surface area contributed by atoms with Crippen LogP contribution in [0.1, 0.15) is 20.3 Å². The van der Waals surface area contributed by atoms with E-state index in [2.05, 4.69) is 24.5 Å². The molecule has 4 heteroatoms. The SMILES string of the molecule is CCNC1COCC1CNC1(C)CCOC1. The zero-order chi connectivity index (χ0) is 11.4. The monoisotopic (exact) mass is 228 g/mol. The highest BCUT2D eigenvalue weighted by Crippen LogP contribution is 2.19. The third-order valence-corrected chi connectivity index (χ3v) is 3.67. The van der Waals surface area contributed by atoms with Crippen molar-refractivity contribution in [3.05, 3.63) is 0 Å². The van der Waals surface area contributed by atoms with Crippen molar-refractivity contribution in [3.63, 3.8) is 0 Å². The lowest BCUT2D eigenvalue weighted by molar-refractivity contribution is 0.164. The molecule has 16 heavy (non-hydrogen) atoms. The number of hydrogen-bond donors (Lipinski definition) is 2. The van der Waals surface area contributed by atoms with Crippen molar-refractivity contribution in [2.75, 3.05) is 39.5 Å². The normalized spacial score (nSPS) is 39.4. The Morgan fingerprint density at radius 2 is 2.19 bits per heavy atom. The predicted molar refractivity (Wildman–Crippen MR) is 63.6 cm³/mol. The van der Waals surface area contributed by atoms with Crippen LogP contribution in [0.5, 0.6) is 0 Å². The molecule has 2 aliphatic heterocycles. The zero-order valence-electron chi connectivity index (χ0n) is 10.4. The van der Waals surface area contributed by atoms with Gasteiger partial charge in [-0.3, -0.25) is 0 Å². The molecule has 0 radical (unpaired) electrons. The van der Waals surface area contributed by atoms with Crippen molar-refractivity contribution >= 4 is 0 Å². The van der Waals surface area contributed by atoms with Crippen LogP contribution in [0, 0.1) is 5.92 Å². The molecule has 94 valence electrons. The van der Waals surface area contributed by atoms with Crippen LogP contribution in [-0.2, 0) is 9.47 Å². The number of nitrogens with one attached hydrogen (secondary N) is 2. The largest absolute Gasteiger partial charge is 0.379 e. The molecular weight excluding hydrogens is 204 g/mol. The topological polar surface area (TPSA) is 42.5 Å². The van der Waals surface area contributed by atoms with Crippen molar-refractivity contribution in [3.8, 4) is 0 Å². The van der Waals surface area contributed by atoms with E-state index in [1.165, 1.54) is 0 Å². The average molecular weight is 228 g/mol.